The molecule has 1 nitrogen and oxygen atoms in total. The van der Waals surface area contributed by atoms with Crippen LogP contribution in [0.1, 0.15) is 5.56 Å². The molecule has 0 unspecified atom stereocenters. The molecule has 18 heavy (non-hydrogen) atoms. The van der Waals surface area contributed by atoms with E-state index in [-0.39, 0.29) is 0 Å². The first-order valence-electron chi connectivity index (χ1n) is 5.96. The third kappa shape index (κ3) is 2.16. The quantitative estimate of drug-likeness (QED) is 0.632. The highest BCUT2D eigenvalue weighted by atomic mass is 32.2. The van der Waals surface area contributed by atoms with Crippen LogP contribution in [-0.2, 0) is 6.54 Å². The van der Waals surface area contributed by atoms with Crippen molar-refractivity contribution < 1.29 is 0 Å². The van der Waals surface area contributed by atoms with Crippen molar-refractivity contribution in [3.05, 3.63) is 66.4 Å². The maximum Gasteiger partial charge on any atom is 0.0662 e. The van der Waals surface area contributed by atoms with Crippen LogP contribution in [0.25, 0.3) is 10.9 Å². The van der Waals surface area contributed by atoms with Crippen LogP contribution < -0.4 is 0 Å². The first kappa shape index (κ1) is 11.4. The molecule has 89 valence electrons. The Bertz CT molecular complexity index is 652. The minimum atomic E-state index is 0.877. The lowest BCUT2D eigenvalue weighted by Gasteiger charge is -2.06. The lowest BCUT2D eigenvalue weighted by Crippen LogP contribution is -1.97. The number of hydrogen-bond acceptors (Lipinski definition) is 1. The van der Waals surface area contributed by atoms with Gasteiger partial charge in [0.1, 0.15) is 0 Å². The molecular weight excluding hydrogens is 238 g/mol. The van der Waals surface area contributed by atoms with Crippen molar-refractivity contribution in [2.75, 3.05) is 6.26 Å². The van der Waals surface area contributed by atoms with Crippen LogP contribution in [0.15, 0.2) is 59.5 Å². The van der Waals surface area contributed by atoms with Crippen LogP contribution in [0.5, 0.6) is 0 Å². The molecule has 0 saturated carbocycles. The summed E-state index contributed by atoms with van der Waals surface area (Å²) in [4.78, 5) is 1.31. The molecule has 3 aromatic rings. The van der Waals surface area contributed by atoms with E-state index in [1.54, 1.807) is 11.8 Å². The second-order valence-corrected chi connectivity index (χ2v) is 5.15. The summed E-state index contributed by atoms with van der Waals surface area (Å²) in [6.07, 6.45) is 5.40. The topological polar surface area (TPSA) is 4.93 Å². The Balaban J connectivity index is 1.91. The SMILES string of the molecule is CSc1ccc(Cn2[c]cc3ccccc32)cc1. The van der Waals surface area contributed by atoms with Crippen LogP contribution >= 0.6 is 11.8 Å². The summed E-state index contributed by atoms with van der Waals surface area (Å²) in [5.74, 6) is 0. The van der Waals surface area contributed by atoms with Gasteiger partial charge in [0.25, 0.3) is 0 Å². The molecule has 0 aliphatic rings. The molecule has 0 aliphatic heterocycles. The minimum Gasteiger partial charge on any atom is -0.335 e. The van der Waals surface area contributed by atoms with Gasteiger partial charge in [-0.25, -0.2) is 0 Å². The lowest BCUT2D eigenvalue weighted by molar-refractivity contribution is 0.829. The molecule has 3 rings (SSSR count). The van der Waals surface area contributed by atoms with Gasteiger partial charge in [0.2, 0.25) is 0 Å². The number of hydrogen-bond donors (Lipinski definition) is 0. The molecule has 1 radical (unpaired) electrons. The van der Waals surface area contributed by atoms with Crippen LogP contribution in [0, 0.1) is 6.20 Å². The average molecular weight is 252 g/mol. The summed E-state index contributed by atoms with van der Waals surface area (Å²) < 4.78 is 2.17. The van der Waals surface area contributed by atoms with Crippen molar-refractivity contribution in [3.63, 3.8) is 0 Å². The monoisotopic (exact) mass is 252 g/mol. The number of para-hydroxylation sites is 1. The summed E-state index contributed by atoms with van der Waals surface area (Å²) in [7, 11) is 0. The number of benzene rings is 2. The summed E-state index contributed by atoms with van der Waals surface area (Å²) in [5.41, 5.74) is 2.55. The van der Waals surface area contributed by atoms with Gasteiger partial charge in [0.05, 0.1) is 6.20 Å². The number of aromatic nitrogens is 1. The Morgan fingerprint density at radius 1 is 1.06 bits per heavy atom. The number of rotatable bonds is 3. The molecule has 0 fully saturated rings. The third-order valence-electron chi connectivity index (χ3n) is 3.10. The van der Waals surface area contributed by atoms with E-state index in [1.165, 1.54) is 21.4 Å². The molecule has 2 aromatic carbocycles. The van der Waals surface area contributed by atoms with Gasteiger partial charge < -0.3 is 4.57 Å². The maximum absolute atomic E-state index is 3.30. The standard InChI is InChI=1S/C16H14NS/c1-18-15-8-6-13(7-9-15)12-17-11-10-14-4-2-3-5-16(14)17/h2-10H,12H2,1H3. The Labute approximate surface area is 111 Å². The molecule has 0 saturated heterocycles. The predicted octanol–water partition coefficient (Wildman–Crippen LogP) is 4.21. The zero-order chi connectivity index (χ0) is 12.4. The van der Waals surface area contributed by atoms with E-state index in [4.69, 9.17) is 0 Å². The Morgan fingerprint density at radius 3 is 2.61 bits per heavy atom. The van der Waals surface area contributed by atoms with Gasteiger partial charge in [-0.3, -0.25) is 0 Å². The maximum atomic E-state index is 3.30. The molecule has 0 bridgehead atoms. The highest BCUT2D eigenvalue weighted by Gasteiger charge is 2.01. The minimum absolute atomic E-state index is 0.877. The van der Waals surface area contributed by atoms with E-state index < -0.39 is 0 Å². The highest BCUT2D eigenvalue weighted by Crippen LogP contribution is 2.18. The van der Waals surface area contributed by atoms with Gasteiger partial charge >= 0.3 is 0 Å². The van der Waals surface area contributed by atoms with E-state index in [0.717, 1.165) is 6.54 Å². The normalized spacial score (nSPS) is 10.9. The Kier molecular flexibility index (Phi) is 3.11. The fourth-order valence-electron chi connectivity index (χ4n) is 2.12. The Hall–Kier alpha value is -1.67. The first-order valence-corrected chi connectivity index (χ1v) is 7.18. The number of fused-ring (bicyclic) bond motifs is 1. The summed E-state index contributed by atoms with van der Waals surface area (Å²) in [5, 5.41) is 1.25. The van der Waals surface area contributed by atoms with E-state index in [1.807, 2.05) is 6.07 Å². The molecule has 0 atom stereocenters. The Morgan fingerprint density at radius 2 is 1.83 bits per heavy atom. The molecule has 0 spiro atoms. The molecule has 0 amide bonds. The van der Waals surface area contributed by atoms with Crippen molar-refractivity contribution in [3.8, 4) is 0 Å². The van der Waals surface area contributed by atoms with E-state index >= 15 is 0 Å². The lowest BCUT2D eigenvalue weighted by atomic mass is 10.2. The van der Waals surface area contributed by atoms with E-state index in [2.05, 4.69) is 65.6 Å². The van der Waals surface area contributed by atoms with Gasteiger partial charge in [-0.15, -0.1) is 11.8 Å². The van der Waals surface area contributed by atoms with Crippen molar-refractivity contribution in [2.45, 2.75) is 11.4 Å². The predicted molar refractivity (Wildman–Crippen MR) is 78.1 cm³/mol. The van der Waals surface area contributed by atoms with E-state index in [0.29, 0.717) is 0 Å². The number of nitrogens with zero attached hydrogens (tertiary/aromatic N) is 1. The van der Waals surface area contributed by atoms with Crippen LogP contribution in [0.4, 0.5) is 0 Å². The smallest absolute Gasteiger partial charge is 0.0662 e. The van der Waals surface area contributed by atoms with Gasteiger partial charge in [-0.1, -0.05) is 30.3 Å². The van der Waals surface area contributed by atoms with Crippen molar-refractivity contribution >= 4 is 22.7 Å². The molecule has 2 heteroatoms. The van der Waals surface area contributed by atoms with E-state index in [9.17, 15) is 0 Å². The van der Waals surface area contributed by atoms with Crippen molar-refractivity contribution in [2.24, 2.45) is 0 Å². The third-order valence-corrected chi connectivity index (χ3v) is 3.85. The van der Waals surface area contributed by atoms with Crippen molar-refractivity contribution in [1.29, 1.82) is 0 Å². The zero-order valence-electron chi connectivity index (χ0n) is 10.3. The van der Waals surface area contributed by atoms with Gasteiger partial charge in [0.15, 0.2) is 0 Å². The summed E-state index contributed by atoms with van der Waals surface area (Å²) in [6, 6.07) is 19.2. The fraction of sp³-hybridized carbons (Fsp3) is 0.125. The van der Waals surface area contributed by atoms with Crippen LogP contribution in [0.3, 0.4) is 0 Å². The second kappa shape index (κ2) is 4.91. The zero-order valence-corrected chi connectivity index (χ0v) is 11.1. The second-order valence-electron chi connectivity index (χ2n) is 4.27. The first-order chi connectivity index (χ1) is 8.86. The number of thioether (sulfide) groups is 1. The fourth-order valence-corrected chi connectivity index (χ4v) is 2.52. The highest BCUT2D eigenvalue weighted by molar-refractivity contribution is 7.98. The van der Waals surface area contributed by atoms with Crippen molar-refractivity contribution in [1.82, 2.24) is 4.57 Å². The van der Waals surface area contributed by atoms with Gasteiger partial charge in [-0.2, -0.15) is 0 Å². The summed E-state index contributed by atoms with van der Waals surface area (Å²) in [6.45, 7) is 0.877. The molecule has 1 heterocycles. The summed E-state index contributed by atoms with van der Waals surface area (Å²) >= 11 is 1.77. The van der Waals surface area contributed by atoms with Gasteiger partial charge in [-0.05, 0) is 36.1 Å². The van der Waals surface area contributed by atoms with Crippen LogP contribution in [-0.4, -0.2) is 10.8 Å². The average Bonchev–Trinajstić information content (AvgIpc) is 2.83. The molecule has 0 aliphatic carbocycles. The molecule has 1 aromatic heterocycles. The largest absolute Gasteiger partial charge is 0.335 e. The molecular formula is C16H14NS. The molecule has 0 N–H and O–H groups in total. The van der Waals surface area contributed by atoms with Gasteiger partial charge in [0, 0.05) is 22.3 Å². The van der Waals surface area contributed by atoms with Crippen LogP contribution in [0.2, 0.25) is 0 Å².